The highest BCUT2D eigenvalue weighted by Crippen LogP contribution is 2.40. The van der Waals surface area contributed by atoms with Crippen LogP contribution in [0, 0.1) is 0 Å². The Kier molecular flexibility index (Phi) is 6.95. The highest BCUT2D eigenvalue weighted by atomic mass is 16.5. The molecule has 1 rings (SSSR count). The number of rotatable bonds is 8. The molecule has 0 amide bonds. The number of hydrogen-bond donors (Lipinski definition) is 0. The molecule has 0 atom stereocenters. The minimum absolute atomic E-state index is 0.249. The fourth-order valence-corrected chi connectivity index (χ4v) is 1.85. The standard InChI is InChI=1S/C16H20O6/c1-5-22-14(18)10-12(17)8-6-11-7-9-13(19-2)16(21-4)15(11)20-3/h6-9H,5,10H2,1-4H3/b8-6+. The summed E-state index contributed by atoms with van der Waals surface area (Å²) in [6.45, 7) is 1.94. The van der Waals surface area contributed by atoms with Crippen LogP contribution >= 0.6 is 0 Å². The molecule has 0 bridgehead atoms. The Morgan fingerprint density at radius 2 is 1.73 bits per heavy atom. The van der Waals surface area contributed by atoms with E-state index in [0.29, 0.717) is 22.8 Å². The van der Waals surface area contributed by atoms with Gasteiger partial charge in [-0.15, -0.1) is 0 Å². The maximum Gasteiger partial charge on any atom is 0.313 e. The van der Waals surface area contributed by atoms with Crippen LogP contribution in [0.4, 0.5) is 0 Å². The van der Waals surface area contributed by atoms with Gasteiger partial charge in [-0.2, -0.15) is 0 Å². The van der Waals surface area contributed by atoms with Crippen LogP contribution in [-0.2, 0) is 14.3 Å². The number of benzene rings is 1. The first-order chi connectivity index (χ1) is 10.6. The molecule has 0 aromatic heterocycles. The van der Waals surface area contributed by atoms with Crippen molar-refractivity contribution in [3.8, 4) is 17.2 Å². The van der Waals surface area contributed by atoms with Crippen molar-refractivity contribution in [1.82, 2.24) is 0 Å². The van der Waals surface area contributed by atoms with E-state index in [-0.39, 0.29) is 18.8 Å². The summed E-state index contributed by atoms with van der Waals surface area (Å²) >= 11 is 0. The van der Waals surface area contributed by atoms with Crippen LogP contribution in [0.3, 0.4) is 0 Å². The second-order valence-corrected chi connectivity index (χ2v) is 4.20. The van der Waals surface area contributed by atoms with Gasteiger partial charge in [0.2, 0.25) is 5.75 Å². The van der Waals surface area contributed by atoms with E-state index in [1.165, 1.54) is 27.4 Å². The molecule has 120 valence electrons. The van der Waals surface area contributed by atoms with Crippen molar-refractivity contribution in [3.63, 3.8) is 0 Å². The minimum Gasteiger partial charge on any atom is -0.493 e. The van der Waals surface area contributed by atoms with Crippen molar-refractivity contribution >= 4 is 17.8 Å². The van der Waals surface area contributed by atoms with E-state index >= 15 is 0 Å². The molecule has 1 aromatic rings. The van der Waals surface area contributed by atoms with E-state index in [4.69, 9.17) is 18.9 Å². The molecule has 6 heteroatoms. The monoisotopic (exact) mass is 308 g/mol. The molecular weight excluding hydrogens is 288 g/mol. The third-order valence-corrected chi connectivity index (χ3v) is 2.81. The Morgan fingerprint density at radius 1 is 1.05 bits per heavy atom. The molecular formula is C16H20O6. The van der Waals surface area contributed by atoms with Crippen molar-refractivity contribution < 1.29 is 28.5 Å². The van der Waals surface area contributed by atoms with Gasteiger partial charge < -0.3 is 18.9 Å². The van der Waals surface area contributed by atoms with Crippen molar-refractivity contribution in [2.24, 2.45) is 0 Å². The zero-order valence-corrected chi connectivity index (χ0v) is 13.2. The quantitative estimate of drug-likeness (QED) is 0.417. The molecule has 6 nitrogen and oxygen atoms in total. The topological polar surface area (TPSA) is 71.1 Å². The lowest BCUT2D eigenvalue weighted by Crippen LogP contribution is -2.09. The average molecular weight is 308 g/mol. The van der Waals surface area contributed by atoms with E-state index in [1.807, 2.05) is 0 Å². The average Bonchev–Trinajstić information content (AvgIpc) is 2.51. The number of allylic oxidation sites excluding steroid dienone is 1. The summed E-state index contributed by atoms with van der Waals surface area (Å²) in [5, 5.41) is 0. The summed E-state index contributed by atoms with van der Waals surface area (Å²) in [5.74, 6) is 0.507. The molecule has 0 saturated carbocycles. The number of hydrogen-bond acceptors (Lipinski definition) is 6. The lowest BCUT2D eigenvalue weighted by atomic mass is 10.1. The van der Waals surface area contributed by atoms with Gasteiger partial charge >= 0.3 is 5.97 Å². The molecule has 0 fully saturated rings. The first kappa shape index (κ1) is 17.6. The number of methoxy groups -OCH3 is 3. The van der Waals surface area contributed by atoms with Crippen LogP contribution in [0.15, 0.2) is 18.2 Å². The molecule has 0 unspecified atom stereocenters. The number of carbonyl (C=O) groups excluding carboxylic acids is 2. The molecule has 0 saturated heterocycles. The summed E-state index contributed by atoms with van der Waals surface area (Å²) in [5.41, 5.74) is 0.636. The van der Waals surface area contributed by atoms with E-state index in [9.17, 15) is 9.59 Å². The van der Waals surface area contributed by atoms with Gasteiger partial charge in [-0.3, -0.25) is 9.59 Å². The SMILES string of the molecule is CCOC(=O)CC(=O)/C=C/c1ccc(OC)c(OC)c1OC. The summed E-state index contributed by atoms with van der Waals surface area (Å²) in [4.78, 5) is 22.9. The Labute approximate surface area is 129 Å². The zero-order chi connectivity index (χ0) is 16.5. The highest BCUT2D eigenvalue weighted by Gasteiger charge is 2.14. The van der Waals surface area contributed by atoms with Gasteiger partial charge in [-0.25, -0.2) is 0 Å². The second-order valence-electron chi connectivity index (χ2n) is 4.20. The zero-order valence-electron chi connectivity index (χ0n) is 13.2. The predicted octanol–water partition coefficient (Wildman–Crippen LogP) is 2.25. The number of ether oxygens (including phenoxy) is 4. The number of ketones is 1. The summed E-state index contributed by atoms with van der Waals surface area (Å²) in [7, 11) is 4.52. The number of carbonyl (C=O) groups is 2. The molecule has 0 radical (unpaired) electrons. The van der Waals surface area contributed by atoms with Crippen LogP contribution < -0.4 is 14.2 Å². The maximum atomic E-state index is 11.7. The van der Waals surface area contributed by atoms with Gasteiger partial charge in [0.1, 0.15) is 6.42 Å². The Bertz CT molecular complexity index is 562. The molecule has 22 heavy (non-hydrogen) atoms. The van der Waals surface area contributed by atoms with Crippen LogP contribution in [-0.4, -0.2) is 39.7 Å². The van der Waals surface area contributed by atoms with Crippen LogP contribution in [0.25, 0.3) is 6.08 Å². The molecule has 0 aliphatic heterocycles. The largest absolute Gasteiger partial charge is 0.493 e. The molecule has 0 N–H and O–H groups in total. The van der Waals surface area contributed by atoms with Crippen molar-refractivity contribution in [3.05, 3.63) is 23.8 Å². The van der Waals surface area contributed by atoms with E-state index in [2.05, 4.69) is 0 Å². The van der Waals surface area contributed by atoms with Crippen LogP contribution in [0.2, 0.25) is 0 Å². The van der Waals surface area contributed by atoms with Gasteiger partial charge in [0.05, 0.1) is 27.9 Å². The first-order valence-electron chi connectivity index (χ1n) is 6.72. The third-order valence-electron chi connectivity index (χ3n) is 2.81. The van der Waals surface area contributed by atoms with Gasteiger partial charge in [0, 0.05) is 5.56 Å². The Hall–Kier alpha value is -2.50. The van der Waals surface area contributed by atoms with Crippen LogP contribution in [0.5, 0.6) is 17.2 Å². The van der Waals surface area contributed by atoms with Gasteiger partial charge in [-0.05, 0) is 31.2 Å². The molecule has 0 aliphatic carbocycles. The lowest BCUT2D eigenvalue weighted by Gasteiger charge is -2.13. The maximum absolute atomic E-state index is 11.7. The van der Waals surface area contributed by atoms with Crippen LogP contribution in [0.1, 0.15) is 18.9 Å². The van der Waals surface area contributed by atoms with E-state index in [0.717, 1.165) is 0 Å². The summed E-state index contributed by atoms with van der Waals surface area (Å²) in [6, 6.07) is 3.44. The summed E-state index contributed by atoms with van der Waals surface area (Å²) < 4.78 is 20.5. The minimum atomic E-state index is -0.545. The van der Waals surface area contributed by atoms with Crippen molar-refractivity contribution in [2.45, 2.75) is 13.3 Å². The molecule has 1 aromatic carbocycles. The van der Waals surface area contributed by atoms with Gasteiger partial charge in [-0.1, -0.05) is 0 Å². The molecule has 0 heterocycles. The van der Waals surface area contributed by atoms with Gasteiger partial charge in [0.15, 0.2) is 17.3 Å². The van der Waals surface area contributed by atoms with Crippen molar-refractivity contribution in [1.29, 1.82) is 0 Å². The number of esters is 1. The summed E-state index contributed by atoms with van der Waals surface area (Å²) in [6.07, 6.45) is 2.57. The third kappa shape index (κ3) is 4.51. The van der Waals surface area contributed by atoms with Crippen molar-refractivity contribution in [2.75, 3.05) is 27.9 Å². The highest BCUT2D eigenvalue weighted by molar-refractivity contribution is 6.04. The fourth-order valence-electron chi connectivity index (χ4n) is 1.85. The van der Waals surface area contributed by atoms with Gasteiger partial charge in [0.25, 0.3) is 0 Å². The first-order valence-corrected chi connectivity index (χ1v) is 6.72. The molecule has 0 spiro atoms. The van der Waals surface area contributed by atoms with E-state index in [1.54, 1.807) is 25.1 Å². The Balaban J connectivity index is 2.95. The fraction of sp³-hybridized carbons (Fsp3) is 0.375. The predicted molar refractivity (Wildman–Crippen MR) is 81.4 cm³/mol. The van der Waals surface area contributed by atoms with E-state index < -0.39 is 5.97 Å². The smallest absolute Gasteiger partial charge is 0.313 e. The normalized spacial score (nSPS) is 10.4. The lowest BCUT2D eigenvalue weighted by molar-refractivity contribution is -0.144. The Morgan fingerprint density at radius 3 is 2.27 bits per heavy atom. The second kappa shape index (κ2) is 8.71. The molecule has 0 aliphatic rings.